The molecule has 11 aromatic rings. The topological polar surface area (TPSA) is 35.6 Å². The summed E-state index contributed by atoms with van der Waals surface area (Å²) in [6, 6.07) is 59.4. The predicted octanol–water partition coefficient (Wildman–Crippen LogP) is 13.0. The van der Waals surface area contributed by atoms with E-state index < -0.39 is 0 Å². The van der Waals surface area contributed by atoms with Gasteiger partial charge < -0.3 is 9.13 Å². The smallest absolute Gasteiger partial charge is 0.0972 e. The maximum absolute atomic E-state index is 5.26. The third kappa shape index (κ3) is 4.06. The van der Waals surface area contributed by atoms with Crippen LogP contribution in [0.3, 0.4) is 0 Å². The van der Waals surface area contributed by atoms with Crippen molar-refractivity contribution in [3.05, 3.63) is 181 Å². The van der Waals surface area contributed by atoms with Gasteiger partial charge in [0.15, 0.2) is 0 Å². The van der Waals surface area contributed by atoms with Crippen LogP contribution in [0.25, 0.3) is 99.2 Å². The number of benzene rings is 7. The van der Waals surface area contributed by atoms with Crippen molar-refractivity contribution in [1.82, 2.24) is 19.1 Å². The Hall–Kier alpha value is -7.04. The highest BCUT2D eigenvalue weighted by atomic mass is 15.0. The van der Waals surface area contributed by atoms with Crippen LogP contribution in [0.15, 0.2) is 170 Å². The molecule has 4 heteroatoms. The first-order chi connectivity index (χ1) is 27.1. The Morgan fingerprint density at radius 2 is 1.16 bits per heavy atom. The standard InChI is InChI=1S/C51H34N4/c1-51(2)39-22-9-6-19-36(39)43-46(51)44-37-20-7-10-23-41(37)55(50(44)45-38-21-8-11-24-42(38)54(49(43)45)34-16-4-3-5-17-34)35-18-12-14-33(30-35)40-28-27-32-26-25-31-15-13-29-52-47(31)48(32)53-40/h3-30H,1-2H3. The molecule has 0 fully saturated rings. The first-order valence-corrected chi connectivity index (χ1v) is 19.0. The van der Waals surface area contributed by atoms with E-state index in [9.17, 15) is 0 Å². The fourth-order valence-corrected chi connectivity index (χ4v) is 9.76. The number of para-hydroxylation sites is 3. The Balaban J connectivity index is 1.25. The van der Waals surface area contributed by atoms with Gasteiger partial charge in [-0.05, 0) is 65.2 Å². The summed E-state index contributed by atoms with van der Waals surface area (Å²) in [7, 11) is 0. The lowest BCUT2D eigenvalue weighted by atomic mass is 9.80. The van der Waals surface area contributed by atoms with Crippen molar-refractivity contribution < 1.29 is 0 Å². The zero-order valence-electron chi connectivity index (χ0n) is 30.5. The van der Waals surface area contributed by atoms with Crippen LogP contribution in [0.1, 0.15) is 25.0 Å². The van der Waals surface area contributed by atoms with E-state index in [0.29, 0.717) is 0 Å². The van der Waals surface area contributed by atoms with Crippen molar-refractivity contribution >= 4 is 65.4 Å². The monoisotopic (exact) mass is 702 g/mol. The van der Waals surface area contributed by atoms with Crippen molar-refractivity contribution in [2.24, 2.45) is 0 Å². The van der Waals surface area contributed by atoms with Gasteiger partial charge in [-0.15, -0.1) is 0 Å². The maximum atomic E-state index is 5.26. The van der Waals surface area contributed by atoms with E-state index in [4.69, 9.17) is 9.97 Å². The second-order valence-electron chi connectivity index (χ2n) is 15.4. The summed E-state index contributed by atoms with van der Waals surface area (Å²) in [6.07, 6.45) is 1.85. The minimum absolute atomic E-state index is 0.237. The summed E-state index contributed by atoms with van der Waals surface area (Å²) in [5.74, 6) is 0. The van der Waals surface area contributed by atoms with Crippen LogP contribution in [0.2, 0.25) is 0 Å². The van der Waals surface area contributed by atoms with Crippen LogP contribution >= 0.6 is 0 Å². The van der Waals surface area contributed by atoms with E-state index in [2.05, 4.69) is 181 Å². The molecule has 0 saturated heterocycles. The Morgan fingerprint density at radius 3 is 1.98 bits per heavy atom. The number of nitrogens with zero attached hydrogens (tertiary/aromatic N) is 4. The molecule has 0 aliphatic heterocycles. The van der Waals surface area contributed by atoms with Crippen LogP contribution in [0, 0.1) is 0 Å². The lowest BCUT2D eigenvalue weighted by Crippen LogP contribution is -2.15. The first kappa shape index (κ1) is 30.4. The molecule has 0 bridgehead atoms. The molecular formula is C51H34N4. The number of hydrogen-bond acceptors (Lipinski definition) is 2. The molecular weight excluding hydrogens is 669 g/mol. The summed E-state index contributed by atoms with van der Waals surface area (Å²) in [4.78, 5) is 10.00. The number of pyridine rings is 2. The molecule has 0 amide bonds. The minimum Gasteiger partial charge on any atom is -0.309 e. The fraction of sp³-hybridized carbons (Fsp3) is 0.0588. The minimum atomic E-state index is -0.237. The van der Waals surface area contributed by atoms with Gasteiger partial charge in [-0.1, -0.05) is 129 Å². The van der Waals surface area contributed by atoms with Gasteiger partial charge in [-0.25, -0.2) is 4.98 Å². The zero-order chi connectivity index (χ0) is 36.4. The molecule has 4 nitrogen and oxygen atoms in total. The zero-order valence-corrected chi connectivity index (χ0v) is 30.5. The van der Waals surface area contributed by atoms with Gasteiger partial charge in [0.05, 0.1) is 38.8 Å². The molecule has 258 valence electrons. The Bertz CT molecular complexity index is 3400. The highest BCUT2D eigenvalue weighted by molar-refractivity contribution is 6.31. The van der Waals surface area contributed by atoms with Gasteiger partial charge in [0, 0.05) is 66.4 Å². The van der Waals surface area contributed by atoms with Crippen LogP contribution in [-0.2, 0) is 5.41 Å². The molecule has 0 N–H and O–H groups in total. The number of aromatic nitrogens is 4. The van der Waals surface area contributed by atoms with Gasteiger partial charge >= 0.3 is 0 Å². The summed E-state index contributed by atoms with van der Waals surface area (Å²) in [6.45, 7) is 4.82. The largest absolute Gasteiger partial charge is 0.309 e. The number of hydrogen-bond donors (Lipinski definition) is 0. The number of rotatable bonds is 3. The van der Waals surface area contributed by atoms with Gasteiger partial charge in [0.25, 0.3) is 0 Å². The molecule has 0 atom stereocenters. The Labute approximate surface area is 317 Å². The Kier molecular flexibility index (Phi) is 6.09. The molecule has 7 aromatic carbocycles. The normalized spacial score (nSPS) is 13.4. The summed E-state index contributed by atoms with van der Waals surface area (Å²) in [5, 5.41) is 7.27. The second kappa shape index (κ2) is 11.0. The van der Waals surface area contributed by atoms with Crippen LogP contribution in [0.5, 0.6) is 0 Å². The average Bonchev–Trinajstić information content (AvgIpc) is 3.84. The van der Waals surface area contributed by atoms with E-state index in [-0.39, 0.29) is 5.41 Å². The van der Waals surface area contributed by atoms with Crippen LogP contribution in [0.4, 0.5) is 0 Å². The Morgan fingerprint density at radius 1 is 0.509 bits per heavy atom. The van der Waals surface area contributed by atoms with Crippen LogP contribution in [-0.4, -0.2) is 19.1 Å². The molecule has 1 aliphatic rings. The molecule has 0 spiro atoms. The molecule has 55 heavy (non-hydrogen) atoms. The van der Waals surface area contributed by atoms with Gasteiger partial charge in [0.2, 0.25) is 0 Å². The van der Waals surface area contributed by atoms with E-state index in [0.717, 1.165) is 44.4 Å². The molecule has 0 unspecified atom stereocenters. The summed E-state index contributed by atoms with van der Waals surface area (Å²) >= 11 is 0. The van der Waals surface area contributed by atoms with Gasteiger partial charge in [-0.2, -0.15) is 0 Å². The van der Waals surface area contributed by atoms with E-state index >= 15 is 0 Å². The molecule has 0 radical (unpaired) electrons. The average molecular weight is 703 g/mol. The maximum Gasteiger partial charge on any atom is 0.0972 e. The summed E-state index contributed by atoms with van der Waals surface area (Å²) in [5.41, 5.74) is 16.2. The lowest BCUT2D eigenvalue weighted by molar-refractivity contribution is 0.667. The highest BCUT2D eigenvalue weighted by Crippen LogP contribution is 2.58. The van der Waals surface area contributed by atoms with E-state index in [1.807, 2.05) is 12.3 Å². The second-order valence-corrected chi connectivity index (χ2v) is 15.4. The van der Waals surface area contributed by atoms with Crippen molar-refractivity contribution in [2.45, 2.75) is 19.3 Å². The quantitative estimate of drug-likeness (QED) is 0.172. The van der Waals surface area contributed by atoms with Crippen molar-refractivity contribution in [3.63, 3.8) is 0 Å². The molecule has 12 rings (SSSR count). The van der Waals surface area contributed by atoms with Gasteiger partial charge in [-0.3, -0.25) is 4.98 Å². The molecule has 4 heterocycles. The van der Waals surface area contributed by atoms with Crippen molar-refractivity contribution in [2.75, 3.05) is 0 Å². The fourth-order valence-electron chi connectivity index (χ4n) is 9.76. The molecule has 1 aliphatic carbocycles. The van der Waals surface area contributed by atoms with Crippen molar-refractivity contribution in [1.29, 1.82) is 0 Å². The molecule has 0 saturated carbocycles. The van der Waals surface area contributed by atoms with E-state index in [1.165, 1.54) is 65.9 Å². The highest BCUT2D eigenvalue weighted by Gasteiger charge is 2.41. The third-order valence-corrected chi connectivity index (χ3v) is 12.1. The van der Waals surface area contributed by atoms with Crippen molar-refractivity contribution in [3.8, 4) is 33.8 Å². The third-order valence-electron chi connectivity index (χ3n) is 12.1. The lowest BCUT2D eigenvalue weighted by Gasteiger charge is -2.23. The number of fused-ring (bicyclic) bond motifs is 15. The predicted molar refractivity (Wildman–Crippen MR) is 229 cm³/mol. The summed E-state index contributed by atoms with van der Waals surface area (Å²) < 4.78 is 5.03. The molecule has 4 aromatic heterocycles. The van der Waals surface area contributed by atoms with E-state index in [1.54, 1.807) is 0 Å². The first-order valence-electron chi connectivity index (χ1n) is 19.0. The van der Waals surface area contributed by atoms with Gasteiger partial charge in [0.1, 0.15) is 0 Å². The SMILES string of the molecule is CC1(C)c2ccccc2-c2c1c1c3ccccc3n(-c3cccc(-c4ccc5ccc6cccnc6c5n4)c3)c1c1c3ccccc3n(-c3ccccc3)c21. The van der Waals surface area contributed by atoms with Crippen LogP contribution < -0.4 is 0 Å².